The zero-order valence-corrected chi connectivity index (χ0v) is 15.9. The predicted molar refractivity (Wildman–Crippen MR) is 99.4 cm³/mol. The third kappa shape index (κ3) is 3.37. The Balaban J connectivity index is 1.82. The van der Waals surface area contributed by atoms with Crippen LogP contribution in [-0.4, -0.2) is 38.9 Å². The number of aliphatic hydroxyl groups is 1. The van der Waals surface area contributed by atoms with Crippen LogP contribution in [0.3, 0.4) is 0 Å². The number of thiophene rings is 1. The number of rotatable bonds is 8. The molecule has 1 atom stereocenters. The Morgan fingerprint density at radius 3 is 2.46 bits per heavy atom. The molecular formula is C19H23NO5S. The lowest BCUT2D eigenvalue weighted by Crippen LogP contribution is -2.42. The summed E-state index contributed by atoms with van der Waals surface area (Å²) in [7, 11) is 4.48. The van der Waals surface area contributed by atoms with Crippen molar-refractivity contribution in [1.82, 2.24) is 5.32 Å². The maximum absolute atomic E-state index is 12.8. The van der Waals surface area contributed by atoms with Crippen LogP contribution in [0.4, 0.5) is 0 Å². The number of nitrogens with one attached hydrogen (secondary N) is 1. The molecule has 1 aromatic carbocycles. The van der Waals surface area contributed by atoms with Crippen LogP contribution >= 0.6 is 11.3 Å². The molecule has 2 aromatic rings. The van der Waals surface area contributed by atoms with Crippen molar-refractivity contribution in [3.8, 4) is 17.2 Å². The van der Waals surface area contributed by atoms with Crippen molar-refractivity contribution in [2.45, 2.75) is 18.4 Å². The topological polar surface area (TPSA) is 77.0 Å². The molecule has 6 nitrogen and oxygen atoms in total. The normalized spacial score (nSPS) is 15.8. The molecule has 0 saturated heterocycles. The van der Waals surface area contributed by atoms with Crippen LogP contribution in [0, 0.1) is 5.92 Å². The van der Waals surface area contributed by atoms with Gasteiger partial charge in [0.1, 0.15) is 5.60 Å². The number of carbonyl (C=O) groups excluding carboxylic acids is 1. The molecule has 140 valence electrons. The molecule has 1 aliphatic carbocycles. The van der Waals surface area contributed by atoms with Crippen molar-refractivity contribution in [2.24, 2.45) is 5.92 Å². The molecule has 1 heterocycles. The fourth-order valence-corrected chi connectivity index (χ4v) is 4.01. The Bertz CT molecular complexity index is 772. The van der Waals surface area contributed by atoms with E-state index < -0.39 is 5.60 Å². The van der Waals surface area contributed by atoms with E-state index in [1.165, 1.54) is 32.7 Å². The number of benzene rings is 1. The third-order valence-electron chi connectivity index (χ3n) is 4.67. The first kappa shape index (κ1) is 18.5. The van der Waals surface area contributed by atoms with Crippen LogP contribution in [0.15, 0.2) is 29.6 Å². The molecule has 1 saturated carbocycles. The quantitative estimate of drug-likeness (QED) is 0.740. The number of carbonyl (C=O) groups is 1. The molecule has 1 unspecified atom stereocenters. The molecule has 0 aliphatic heterocycles. The first-order valence-electron chi connectivity index (χ1n) is 8.38. The third-order valence-corrected chi connectivity index (χ3v) is 5.70. The minimum atomic E-state index is -1.03. The van der Waals surface area contributed by atoms with Gasteiger partial charge in [-0.15, -0.1) is 11.3 Å². The summed E-state index contributed by atoms with van der Waals surface area (Å²) < 4.78 is 15.9. The highest BCUT2D eigenvalue weighted by Crippen LogP contribution is 2.47. The first-order valence-corrected chi connectivity index (χ1v) is 9.26. The lowest BCUT2D eigenvalue weighted by molar-refractivity contribution is 0.0169. The van der Waals surface area contributed by atoms with Crippen molar-refractivity contribution in [1.29, 1.82) is 0 Å². The van der Waals surface area contributed by atoms with Gasteiger partial charge in [-0.1, -0.05) is 6.07 Å². The van der Waals surface area contributed by atoms with Gasteiger partial charge >= 0.3 is 0 Å². The van der Waals surface area contributed by atoms with Crippen molar-refractivity contribution in [2.75, 3.05) is 27.9 Å². The van der Waals surface area contributed by atoms with E-state index in [2.05, 4.69) is 5.32 Å². The SMILES string of the molecule is COc1ccc(C(=O)NCC(O)(c2cccs2)C2CC2)c(OC)c1OC. The average Bonchev–Trinajstić information content (AvgIpc) is 3.38. The second-order valence-electron chi connectivity index (χ2n) is 6.24. The van der Waals surface area contributed by atoms with Gasteiger partial charge in [0.25, 0.3) is 5.91 Å². The zero-order valence-electron chi connectivity index (χ0n) is 15.1. The van der Waals surface area contributed by atoms with Crippen molar-refractivity contribution in [3.05, 3.63) is 40.1 Å². The Hall–Kier alpha value is -2.25. The van der Waals surface area contributed by atoms with Crippen LogP contribution in [-0.2, 0) is 5.60 Å². The van der Waals surface area contributed by atoms with Gasteiger partial charge in [0.2, 0.25) is 5.75 Å². The van der Waals surface area contributed by atoms with Crippen molar-refractivity contribution < 1.29 is 24.1 Å². The van der Waals surface area contributed by atoms with Gasteiger partial charge in [-0.2, -0.15) is 0 Å². The van der Waals surface area contributed by atoms with Crippen LogP contribution in [0.1, 0.15) is 28.1 Å². The number of ether oxygens (including phenoxy) is 3. The van der Waals surface area contributed by atoms with Gasteiger partial charge in [-0.25, -0.2) is 0 Å². The van der Waals surface area contributed by atoms with Crippen LogP contribution in [0.2, 0.25) is 0 Å². The van der Waals surface area contributed by atoms with Crippen LogP contribution in [0.5, 0.6) is 17.2 Å². The van der Waals surface area contributed by atoms with Gasteiger partial charge in [0.15, 0.2) is 11.5 Å². The zero-order chi connectivity index (χ0) is 18.7. The van der Waals surface area contributed by atoms with E-state index in [1.807, 2.05) is 17.5 Å². The minimum Gasteiger partial charge on any atom is -0.493 e. The van der Waals surface area contributed by atoms with E-state index >= 15 is 0 Å². The lowest BCUT2D eigenvalue weighted by atomic mass is 9.95. The predicted octanol–water partition coefficient (Wildman–Crippen LogP) is 2.80. The summed E-state index contributed by atoms with van der Waals surface area (Å²) in [5, 5.41) is 15.9. The average molecular weight is 377 g/mol. The lowest BCUT2D eigenvalue weighted by Gasteiger charge is -2.27. The van der Waals surface area contributed by atoms with E-state index in [0.29, 0.717) is 22.8 Å². The molecule has 0 spiro atoms. The molecule has 1 amide bonds. The highest BCUT2D eigenvalue weighted by molar-refractivity contribution is 7.10. The summed E-state index contributed by atoms with van der Waals surface area (Å²) in [5.41, 5.74) is -0.706. The van der Waals surface area contributed by atoms with E-state index in [1.54, 1.807) is 12.1 Å². The summed E-state index contributed by atoms with van der Waals surface area (Å²) in [6, 6.07) is 7.10. The monoisotopic (exact) mass is 377 g/mol. The van der Waals surface area contributed by atoms with Crippen LogP contribution in [0.25, 0.3) is 0 Å². The Morgan fingerprint density at radius 2 is 1.92 bits per heavy atom. The fourth-order valence-electron chi connectivity index (χ4n) is 3.11. The maximum Gasteiger partial charge on any atom is 0.255 e. The first-order chi connectivity index (χ1) is 12.5. The molecule has 7 heteroatoms. The van der Waals surface area contributed by atoms with E-state index in [9.17, 15) is 9.90 Å². The molecule has 0 radical (unpaired) electrons. The van der Waals surface area contributed by atoms with Gasteiger partial charge in [-0.3, -0.25) is 4.79 Å². The van der Waals surface area contributed by atoms with Gasteiger partial charge < -0.3 is 24.6 Å². The van der Waals surface area contributed by atoms with Gasteiger partial charge in [-0.05, 0) is 42.3 Å². The number of hydrogen-bond acceptors (Lipinski definition) is 6. The summed E-state index contributed by atoms with van der Waals surface area (Å²) in [6.45, 7) is 0.147. The Kier molecular flexibility index (Phi) is 5.38. The van der Waals surface area contributed by atoms with Crippen molar-refractivity contribution >= 4 is 17.2 Å². The highest BCUT2D eigenvalue weighted by Gasteiger charge is 2.46. The largest absolute Gasteiger partial charge is 0.493 e. The molecule has 1 aromatic heterocycles. The molecular weight excluding hydrogens is 354 g/mol. The Labute approximate surface area is 156 Å². The van der Waals surface area contributed by atoms with E-state index in [0.717, 1.165) is 17.7 Å². The minimum absolute atomic E-state index is 0.147. The summed E-state index contributed by atoms with van der Waals surface area (Å²) in [4.78, 5) is 13.6. The van der Waals surface area contributed by atoms with Crippen molar-refractivity contribution in [3.63, 3.8) is 0 Å². The molecule has 3 rings (SSSR count). The number of methoxy groups -OCH3 is 3. The summed E-state index contributed by atoms with van der Waals surface area (Å²) in [6.07, 6.45) is 1.92. The van der Waals surface area contributed by atoms with Crippen LogP contribution < -0.4 is 19.5 Å². The van der Waals surface area contributed by atoms with E-state index in [4.69, 9.17) is 14.2 Å². The van der Waals surface area contributed by atoms with Gasteiger partial charge in [0.05, 0.1) is 33.4 Å². The smallest absolute Gasteiger partial charge is 0.255 e. The highest BCUT2D eigenvalue weighted by atomic mass is 32.1. The van der Waals surface area contributed by atoms with E-state index in [-0.39, 0.29) is 18.4 Å². The second kappa shape index (κ2) is 7.55. The fraction of sp³-hybridized carbons (Fsp3) is 0.421. The molecule has 0 bridgehead atoms. The Morgan fingerprint density at radius 1 is 1.19 bits per heavy atom. The molecule has 2 N–H and O–H groups in total. The van der Waals surface area contributed by atoms with Gasteiger partial charge in [0, 0.05) is 4.88 Å². The summed E-state index contributed by atoms with van der Waals surface area (Å²) in [5.74, 6) is 0.981. The summed E-state index contributed by atoms with van der Waals surface area (Å²) >= 11 is 1.50. The maximum atomic E-state index is 12.8. The number of amides is 1. The molecule has 26 heavy (non-hydrogen) atoms. The molecule has 1 fully saturated rings. The second-order valence-corrected chi connectivity index (χ2v) is 7.19. The number of hydrogen-bond donors (Lipinski definition) is 2. The standard InChI is InChI=1S/C19H23NO5S/c1-23-14-9-8-13(16(24-2)17(14)25-3)18(21)20-11-19(22,12-6-7-12)15-5-4-10-26-15/h4-5,8-10,12,22H,6-7,11H2,1-3H3,(H,20,21). The molecule has 1 aliphatic rings.